The second kappa shape index (κ2) is 40.0. The molecule has 5 heteroatoms. The number of rotatable bonds is 42. The zero-order chi connectivity index (χ0) is 36.8. The highest BCUT2D eigenvalue weighted by Crippen LogP contribution is 2.23. The van der Waals surface area contributed by atoms with Crippen LogP contribution in [0.25, 0.3) is 0 Å². The molecule has 0 amide bonds. The van der Waals surface area contributed by atoms with Crippen molar-refractivity contribution in [3.63, 3.8) is 0 Å². The molecule has 0 aliphatic heterocycles. The lowest BCUT2D eigenvalue weighted by Gasteiger charge is -2.19. The van der Waals surface area contributed by atoms with E-state index in [1.807, 2.05) is 0 Å². The molecule has 0 aliphatic carbocycles. The summed E-state index contributed by atoms with van der Waals surface area (Å²) in [7, 11) is 0. The van der Waals surface area contributed by atoms with Gasteiger partial charge in [0.25, 0.3) is 0 Å². The van der Waals surface area contributed by atoms with Gasteiger partial charge in [-0.1, -0.05) is 182 Å². The first-order valence-corrected chi connectivity index (χ1v) is 22.6. The first-order chi connectivity index (χ1) is 24.5. The zero-order valence-corrected chi connectivity index (χ0v) is 35.0. The normalized spacial score (nSPS) is 13.9. The smallest absolute Gasteiger partial charge is 0.154 e. The second-order valence-corrected chi connectivity index (χ2v) is 15.7. The SMILES string of the molecule is CCCCCC(CCCCC)CCOC(C)OCCCCCCCC(O)CCCCCCCOC(C)OCCC(CCCCC)CCCCC. The van der Waals surface area contributed by atoms with Crippen LogP contribution in [0.3, 0.4) is 0 Å². The summed E-state index contributed by atoms with van der Waals surface area (Å²) in [6.07, 6.45) is 37.2. The van der Waals surface area contributed by atoms with Gasteiger partial charge in [0, 0.05) is 26.4 Å². The lowest BCUT2D eigenvalue weighted by atomic mass is 9.92. The Balaban J connectivity index is 3.64. The number of aliphatic hydroxyl groups is 1. The molecule has 0 aromatic carbocycles. The summed E-state index contributed by atoms with van der Waals surface area (Å²) in [5.74, 6) is 1.63. The molecule has 1 N–H and O–H groups in total. The van der Waals surface area contributed by atoms with Gasteiger partial charge in [0.2, 0.25) is 0 Å². The first kappa shape index (κ1) is 49.8. The third-order valence-corrected chi connectivity index (χ3v) is 10.7. The van der Waals surface area contributed by atoms with Crippen LogP contribution in [-0.2, 0) is 18.9 Å². The molecule has 0 heterocycles. The Morgan fingerprint density at radius 3 is 0.940 bits per heavy atom. The van der Waals surface area contributed by atoms with E-state index in [1.54, 1.807) is 0 Å². The van der Waals surface area contributed by atoms with Crippen molar-refractivity contribution in [3.05, 3.63) is 0 Å². The Kier molecular flexibility index (Phi) is 39.8. The zero-order valence-electron chi connectivity index (χ0n) is 35.0. The van der Waals surface area contributed by atoms with Gasteiger partial charge in [0.1, 0.15) is 0 Å². The summed E-state index contributed by atoms with van der Waals surface area (Å²) < 4.78 is 23.9. The molecule has 5 nitrogen and oxygen atoms in total. The van der Waals surface area contributed by atoms with Crippen LogP contribution in [0.15, 0.2) is 0 Å². The number of ether oxygens (including phenoxy) is 4. The minimum absolute atomic E-state index is 0.0958. The van der Waals surface area contributed by atoms with Gasteiger partial charge in [-0.05, 0) is 64.2 Å². The molecule has 2 unspecified atom stereocenters. The van der Waals surface area contributed by atoms with Crippen molar-refractivity contribution in [2.75, 3.05) is 26.4 Å². The molecule has 50 heavy (non-hydrogen) atoms. The third kappa shape index (κ3) is 36.2. The van der Waals surface area contributed by atoms with Crippen molar-refractivity contribution < 1.29 is 24.1 Å². The average Bonchev–Trinajstić information content (AvgIpc) is 3.10. The van der Waals surface area contributed by atoms with Gasteiger partial charge in [-0.15, -0.1) is 0 Å². The molecular weight excluding hydrogens is 620 g/mol. The molecule has 2 atom stereocenters. The minimum atomic E-state index is -0.131. The summed E-state index contributed by atoms with van der Waals surface area (Å²) in [5, 5.41) is 10.4. The molecule has 0 spiro atoms. The standard InChI is InChI=1S/C45H92O5/c1-7-11-21-29-43(30-22-12-8-2)35-39-49-41(5)47-37-27-19-15-17-25-33-45(46)34-26-18-16-20-28-38-48-42(6)50-40-36-44(31-23-13-9-3)32-24-14-10-4/h41-46H,7-40H2,1-6H3. The van der Waals surface area contributed by atoms with Crippen molar-refractivity contribution in [2.24, 2.45) is 11.8 Å². The van der Waals surface area contributed by atoms with E-state index in [0.29, 0.717) is 0 Å². The Morgan fingerprint density at radius 2 is 0.600 bits per heavy atom. The average molecular weight is 713 g/mol. The van der Waals surface area contributed by atoms with Crippen LogP contribution in [-0.4, -0.2) is 50.2 Å². The van der Waals surface area contributed by atoms with Crippen molar-refractivity contribution >= 4 is 0 Å². The van der Waals surface area contributed by atoms with Crippen molar-refractivity contribution in [3.8, 4) is 0 Å². The molecule has 302 valence electrons. The fraction of sp³-hybridized carbons (Fsp3) is 1.00. The van der Waals surface area contributed by atoms with Gasteiger partial charge < -0.3 is 24.1 Å². The van der Waals surface area contributed by atoms with E-state index < -0.39 is 0 Å². The number of hydrogen-bond acceptors (Lipinski definition) is 5. The summed E-state index contributed by atoms with van der Waals surface area (Å²) in [5.41, 5.74) is 0. The third-order valence-electron chi connectivity index (χ3n) is 10.7. The highest BCUT2D eigenvalue weighted by atomic mass is 16.7. The summed E-state index contributed by atoms with van der Waals surface area (Å²) in [6.45, 7) is 16.5. The van der Waals surface area contributed by atoms with Crippen molar-refractivity contribution in [1.29, 1.82) is 0 Å². The molecule has 0 aromatic heterocycles. The maximum absolute atomic E-state index is 10.4. The Morgan fingerprint density at radius 1 is 0.320 bits per heavy atom. The van der Waals surface area contributed by atoms with Gasteiger partial charge in [-0.3, -0.25) is 0 Å². The van der Waals surface area contributed by atoms with E-state index in [9.17, 15) is 5.11 Å². The molecule has 0 radical (unpaired) electrons. The van der Waals surface area contributed by atoms with Gasteiger partial charge >= 0.3 is 0 Å². The summed E-state index contributed by atoms with van der Waals surface area (Å²) in [4.78, 5) is 0. The second-order valence-electron chi connectivity index (χ2n) is 15.7. The van der Waals surface area contributed by atoms with E-state index in [2.05, 4.69) is 41.5 Å². The molecule has 0 saturated carbocycles. The van der Waals surface area contributed by atoms with Crippen LogP contribution in [0.5, 0.6) is 0 Å². The largest absolute Gasteiger partial charge is 0.393 e. The highest BCUT2D eigenvalue weighted by Gasteiger charge is 2.12. The van der Waals surface area contributed by atoms with Gasteiger partial charge in [-0.2, -0.15) is 0 Å². The van der Waals surface area contributed by atoms with Crippen LogP contribution in [0.1, 0.15) is 234 Å². The predicted octanol–water partition coefficient (Wildman–Crippen LogP) is 14.1. The fourth-order valence-electron chi connectivity index (χ4n) is 7.16. The predicted molar refractivity (Wildman–Crippen MR) is 217 cm³/mol. The number of hydrogen-bond donors (Lipinski definition) is 1. The summed E-state index contributed by atoms with van der Waals surface area (Å²) >= 11 is 0. The topological polar surface area (TPSA) is 57.2 Å². The molecular formula is C45H92O5. The lowest BCUT2D eigenvalue weighted by molar-refractivity contribution is -0.133. The van der Waals surface area contributed by atoms with Crippen LogP contribution < -0.4 is 0 Å². The highest BCUT2D eigenvalue weighted by molar-refractivity contribution is 4.62. The molecule has 0 aliphatic rings. The maximum atomic E-state index is 10.4. The van der Waals surface area contributed by atoms with E-state index >= 15 is 0 Å². The van der Waals surface area contributed by atoms with Gasteiger partial charge in [-0.25, -0.2) is 0 Å². The molecule has 0 bridgehead atoms. The van der Waals surface area contributed by atoms with Crippen LogP contribution in [0.2, 0.25) is 0 Å². The monoisotopic (exact) mass is 713 g/mol. The number of unbranched alkanes of at least 4 members (excludes halogenated alkanes) is 16. The summed E-state index contributed by atoms with van der Waals surface area (Å²) in [6, 6.07) is 0. The minimum Gasteiger partial charge on any atom is -0.393 e. The lowest BCUT2D eigenvalue weighted by Crippen LogP contribution is -2.16. The van der Waals surface area contributed by atoms with Gasteiger partial charge in [0.05, 0.1) is 6.10 Å². The molecule has 0 fully saturated rings. The van der Waals surface area contributed by atoms with E-state index in [1.165, 1.54) is 154 Å². The van der Waals surface area contributed by atoms with Gasteiger partial charge in [0.15, 0.2) is 12.6 Å². The van der Waals surface area contributed by atoms with Crippen LogP contribution in [0, 0.1) is 11.8 Å². The quantitative estimate of drug-likeness (QED) is 0.0504. The number of aliphatic hydroxyl groups excluding tert-OH is 1. The Hall–Kier alpha value is -0.200. The van der Waals surface area contributed by atoms with E-state index in [0.717, 1.165) is 76.8 Å². The van der Waals surface area contributed by atoms with Crippen molar-refractivity contribution in [1.82, 2.24) is 0 Å². The Labute approximate surface area is 314 Å². The Bertz CT molecular complexity index is 559. The molecule has 0 aromatic rings. The van der Waals surface area contributed by atoms with E-state index in [-0.39, 0.29) is 18.7 Å². The molecule has 0 rings (SSSR count). The van der Waals surface area contributed by atoms with E-state index in [4.69, 9.17) is 18.9 Å². The van der Waals surface area contributed by atoms with Crippen LogP contribution >= 0.6 is 0 Å². The fourth-order valence-corrected chi connectivity index (χ4v) is 7.16. The van der Waals surface area contributed by atoms with Crippen LogP contribution in [0.4, 0.5) is 0 Å². The first-order valence-electron chi connectivity index (χ1n) is 22.6. The van der Waals surface area contributed by atoms with Crippen molar-refractivity contribution in [2.45, 2.75) is 253 Å². The molecule has 0 saturated heterocycles. The maximum Gasteiger partial charge on any atom is 0.154 e.